The average molecular weight is 371 g/mol. The second-order valence-corrected chi connectivity index (χ2v) is 6.51. The van der Waals surface area contributed by atoms with Crippen molar-refractivity contribution in [3.05, 3.63) is 28.5 Å². The van der Waals surface area contributed by atoms with Crippen molar-refractivity contribution < 1.29 is 4.79 Å². The molecule has 1 aliphatic heterocycles. The van der Waals surface area contributed by atoms with E-state index in [1.807, 2.05) is 27.7 Å². The number of aromatic nitrogens is 2. The summed E-state index contributed by atoms with van der Waals surface area (Å²) in [6, 6.07) is 5.88. The van der Waals surface area contributed by atoms with E-state index in [-0.39, 0.29) is 5.91 Å². The number of alkyl halides is 1. The minimum atomic E-state index is 0.153. The van der Waals surface area contributed by atoms with Crippen LogP contribution >= 0.6 is 27.5 Å². The summed E-state index contributed by atoms with van der Waals surface area (Å²) >= 11 is 9.46. The van der Waals surface area contributed by atoms with Crippen molar-refractivity contribution in [2.24, 2.45) is 0 Å². The van der Waals surface area contributed by atoms with Gasteiger partial charge in [-0.3, -0.25) is 4.79 Å². The highest BCUT2D eigenvalue weighted by atomic mass is 79.9. The number of hydrogen-bond donors (Lipinski definition) is 0. The van der Waals surface area contributed by atoms with Gasteiger partial charge < -0.3 is 9.47 Å². The minimum absolute atomic E-state index is 0.153. The van der Waals surface area contributed by atoms with Crippen molar-refractivity contribution >= 4 is 44.5 Å². The van der Waals surface area contributed by atoms with E-state index in [0.717, 1.165) is 47.3 Å². The molecule has 2 aromatic rings. The van der Waals surface area contributed by atoms with Crippen LogP contribution in [0.1, 0.15) is 25.1 Å². The molecule has 0 spiro atoms. The summed E-state index contributed by atoms with van der Waals surface area (Å²) in [7, 11) is 0. The topological polar surface area (TPSA) is 38.1 Å². The summed E-state index contributed by atoms with van der Waals surface area (Å²) in [4.78, 5) is 18.9. The van der Waals surface area contributed by atoms with Crippen molar-refractivity contribution in [3.63, 3.8) is 0 Å². The van der Waals surface area contributed by atoms with E-state index in [0.29, 0.717) is 12.4 Å². The van der Waals surface area contributed by atoms with Crippen LogP contribution in [0.15, 0.2) is 22.7 Å². The largest absolute Gasteiger partial charge is 0.341 e. The number of imidazole rings is 1. The van der Waals surface area contributed by atoms with Crippen LogP contribution in [0.2, 0.25) is 0 Å². The molecule has 4 nitrogen and oxygen atoms in total. The van der Waals surface area contributed by atoms with Crippen LogP contribution in [0.4, 0.5) is 0 Å². The molecule has 1 aromatic heterocycles. The number of nitrogens with zero attached hydrogens (tertiary/aromatic N) is 3. The molecule has 1 fully saturated rings. The van der Waals surface area contributed by atoms with E-state index in [1.54, 1.807) is 0 Å². The first-order chi connectivity index (χ1) is 10.2. The summed E-state index contributed by atoms with van der Waals surface area (Å²) < 4.78 is 2.91. The first kappa shape index (κ1) is 14.9. The Morgan fingerprint density at radius 2 is 2.05 bits per heavy atom. The number of likely N-dealkylation sites (tertiary alicyclic amines) is 1. The minimum Gasteiger partial charge on any atom is -0.341 e. The molecular weight excluding hydrogens is 354 g/mol. The van der Waals surface area contributed by atoms with Gasteiger partial charge in [0.1, 0.15) is 12.4 Å². The normalized spacial score (nSPS) is 15.6. The predicted molar refractivity (Wildman–Crippen MR) is 87.4 cm³/mol. The third kappa shape index (κ3) is 3.09. The number of amides is 1. The number of benzene rings is 1. The second-order valence-electron chi connectivity index (χ2n) is 5.32. The Kier molecular flexibility index (Phi) is 4.50. The molecule has 0 radical (unpaired) electrons. The zero-order chi connectivity index (χ0) is 14.8. The highest BCUT2D eigenvalue weighted by Gasteiger charge is 2.19. The molecule has 0 saturated carbocycles. The number of rotatable bonds is 3. The van der Waals surface area contributed by atoms with Gasteiger partial charge in [0.05, 0.1) is 16.9 Å². The first-order valence-corrected chi connectivity index (χ1v) is 8.50. The molecule has 1 saturated heterocycles. The molecule has 0 atom stereocenters. The highest BCUT2D eigenvalue weighted by molar-refractivity contribution is 9.10. The van der Waals surface area contributed by atoms with Gasteiger partial charge in [-0.25, -0.2) is 4.98 Å². The predicted octanol–water partition coefficient (Wildman–Crippen LogP) is 3.55. The van der Waals surface area contributed by atoms with Gasteiger partial charge in [0.2, 0.25) is 5.91 Å². The molecule has 0 aliphatic carbocycles. The summed E-state index contributed by atoms with van der Waals surface area (Å²) in [6.45, 7) is 2.05. The lowest BCUT2D eigenvalue weighted by Crippen LogP contribution is -2.38. The first-order valence-electron chi connectivity index (χ1n) is 7.17. The van der Waals surface area contributed by atoms with Gasteiger partial charge in [-0.05, 0) is 37.5 Å². The lowest BCUT2D eigenvalue weighted by atomic mass is 10.1. The highest BCUT2D eigenvalue weighted by Crippen LogP contribution is 2.22. The van der Waals surface area contributed by atoms with E-state index in [1.165, 1.54) is 6.42 Å². The van der Waals surface area contributed by atoms with Crippen LogP contribution in [0.25, 0.3) is 11.0 Å². The number of halogens is 2. The zero-order valence-corrected chi connectivity index (χ0v) is 14.0. The Labute approximate surface area is 137 Å². The maximum atomic E-state index is 12.5. The lowest BCUT2D eigenvalue weighted by Gasteiger charge is -2.27. The van der Waals surface area contributed by atoms with Gasteiger partial charge in [0, 0.05) is 17.6 Å². The van der Waals surface area contributed by atoms with Gasteiger partial charge in [-0.15, -0.1) is 11.6 Å². The molecule has 3 rings (SSSR count). The molecule has 1 aliphatic rings. The number of hydrogen-bond acceptors (Lipinski definition) is 2. The Morgan fingerprint density at radius 1 is 1.29 bits per heavy atom. The van der Waals surface area contributed by atoms with E-state index in [9.17, 15) is 4.79 Å². The lowest BCUT2D eigenvalue weighted by molar-refractivity contribution is -0.132. The fraction of sp³-hybridized carbons (Fsp3) is 0.467. The Morgan fingerprint density at radius 3 is 2.76 bits per heavy atom. The monoisotopic (exact) mass is 369 g/mol. The molecule has 1 amide bonds. The smallest absolute Gasteiger partial charge is 0.242 e. The number of carbonyl (C=O) groups is 1. The summed E-state index contributed by atoms with van der Waals surface area (Å²) in [5.74, 6) is 1.20. The molecule has 0 unspecified atom stereocenters. The standard InChI is InChI=1S/C15H17BrClN3O/c16-11-4-5-12-13(8-11)20(14(9-17)18-12)10-15(21)19-6-2-1-3-7-19/h4-5,8H,1-3,6-7,9-10H2. The molecule has 0 N–H and O–H groups in total. The van der Waals surface area contributed by atoms with Gasteiger partial charge in [0.25, 0.3) is 0 Å². The van der Waals surface area contributed by atoms with Crippen LogP contribution in [0, 0.1) is 0 Å². The van der Waals surface area contributed by atoms with Crippen LogP contribution in [0.3, 0.4) is 0 Å². The van der Waals surface area contributed by atoms with Crippen molar-refractivity contribution in [2.45, 2.75) is 31.7 Å². The van der Waals surface area contributed by atoms with Gasteiger partial charge in [0.15, 0.2) is 0 Å². The fourth-order valence-corrected chi connectivity index (χ4v) is 3.36. The van der Waals surface area contributed by atoms with Crippen molar-refractivity contribution in [1.82, 2.24) is 14.5 Å². The molecule has 0 bridgehead atoms. The molecule has 21 heavy (non-hydrogen) atoms. The number of fused-ring (bicyclic) bond motifs is 1. The fourth-order valence-electron chi connectivity index (χ4n) is 2.80. The van der Waals surface area contributed by atoms with Crippen LogP contribution in [-0.2, 0) is 17.2 Å². The third-order valence-electron chi connectivity index (χ3n) is 3.91. The Balaban J connectivity index is 1.91. The SMILES string of the molecule is O=C(Cn1c(CCl)nc2ccc(Br)cc21)N1CCCCC1. The van der Waals surface area contributed by atoms with Gasteiger partial charge >= 0.3 is 0 Å². The van der Waals surface area contributed by atoms with Crippen LogP contribution in [-0.4, -0.2) is 33.4 Å². The molecule has 112 valence electrons. The summed E-state index contributed by atoms with van der Waals surface area (Å²) in [5, 5.41) is 0. The van der Waals surface area contributed by atoms with Crippen molar-refractivity contribution in [1.29, 1.82) is 0 Å². The van der Waals surface area contributed by atoms with Gasteiger partial charge in [-0.2, -0.15) is 0 Å². The molecule has 2 heterocycles. The van der Waals surface area contributed by atoms with Crippen LogP contribution < -0.4 is 0 Å². The van der Waals surface area contributed by atoms with Crippen LogP contribution in [0.5, 0.6) is 0 Å². The maximum Gasteiger partial charge on any atom is 0.242 e. The summed E-state index contributed by atoms with van der Waals surface area (Å²) in [6.07, 6.45) is 3.42. The second kappa shape index (κ2) is 6.36. The molecule has 1 aromatic carbocycles. The summed E-state index contributed by atoms with van der Waals surface area (Å²) in [5.41, 5.74) is 1.82. The van der Waals surface area contributed by atoms with E-state index < -0.39 is 0 Å². The zero-order valence-electron chi connectivity index (χ0n) is 11.7. The number of carbonyl (C=O) groups excluding carboxylic acids is 1. The third-order valence-corrected chi connectivity index (χ3v) is 4.64. The average Bonchev–Trinajstić information content (AvgIpc) is 2.85. The van der Waals surface area contributed by atoms with Crippen molar-refractivity contribution in [2.75, 3.05) is 13.1 Å². The maximum absolute atomic E-state index is 12.5. The van der Waals surface area contributed by atoms with Crippen molar-refractivity contribution in [3.8, 4) is 0 Å². The Hall–Kier alpha value is -1.07. The van der Waals surface area contributed by atoms with E-state index in [4.69, 9.17) is 11.6 Å². The number of piperidine rings is 1. The molecular formula is C15H17BrClN3O. The van der Waals surface area contributed by atoms with Gasteiger partial charge in [-0.1, -0.05) is 15.9 Å². The quantitative estimate of drug-likeness (QED) is 0.775. The van der Waals surface area contributed by atoms with E-state index in [2.05, 4.69) is 20.9 Å². The van der Waals surface area contributed by atoms with E-state index >= 15 is 0 Å². The molecule has 6 heteroatoms. The Bertz CT molecular complexity index is 664.